The van der Waals surface area contributed by atoms with E-state index in [1.807, 2.05) is 42.7 Å². The zero-order valence-electron chi connectivity index (χ0n) is 8.73. The van der Waals surface area contributed by atoms with Gasteiger partial charge in [-0.1, -0.05) is 6.07 Å². The van der Waals surface area contributed by atoms with Crippen LogP contribution in [0.15, 0.2) is 47.3 Å². The quantitative estimate of drug-likeness (QED) is 0.874. The van der Waals surface area contributed by atoms with E-state index in [1.54, 1.807) is 0 Å². The summed E-state index contributed by atoms with van der Waals surface area (Å²) in [6.45, 7) is 0.861. The van der Waals surface area contributed by atoms with Crippen molar-refractivity contribution in [2.24, 2.45) is 0 Å². The predicted molar refractivity (Wildman–Crippen MR) is 68.4 cm³/mol. The first kappa shape index (κ1) is 11.1. The van der Waals surface area contributed by atoms with Crippen LogP contribution in [0.1, 0.15) is 5.69 Å². The summed E-state index contributed by atoms with van der Waals surface area (Å²) in [4.78, 5) is 8.40. The number of aromatic nitrogens is 2. The van der Waals surface area contributed by atoms with Gasteiger partial charge in [0.1, 0.15) is 4.60 Å². The molecule has 4 heteroatoms. The Bertz CT molecular complexity index is 428. The van der Waals surface area contributed by atoms with Crippen molar-refractivity contribution in [3.8, 4) is 0 Å². The van der Waals surface area contributed by atoms with Gasteiger partial charge in [0.15, 0.2) is 0 Å². The van der Waals surface area contributed by atoms with Gasteiger partial charge in [0.2, 0.25) is 0 Å². The molecule has 0 aliphatic carbocycles. The lowest BCUT2D eigenvalue weighted by Gasteiger charge is -2.05. The third-order valence-corrected chi connectivity index (χ3v) is 2.63. The molecule has 0 bridgehead atoms. The first-order valence-electron chi connectivity index (χ1n) is 5.10. The Morgan fingerprint density at radius 1 is 1.12 bits per heavy atom. The molecule has 82 valence electrons. The first-order valence-corrected chi connectivity index (χ1v) is 5.89. The van der Waals surface area contributed by atoms with Crippen molar-refractivity contribution in [3.63, 3.8) is 0 Å². The highest BCUT2D eigenvalue weighted by Gasteiger charge is 1.94. The SMILES string of the molecule is Brc1ccc(NCCc2ccccn2)cn1. The van der Waals surface area contributed by atoms with Crippen LogP contribution in [0.5, 0.6) is 0 Å². The fourth-order valence-corrected chi connectivity index (χ4v) is 1.60. The van der Waals surface area contributed by atoms with Gasteiger partial charge in [0.25, 0.3) is 0 Å². The molecule has 0 atom stereocenters. The average molecular weight is 278 g/mol. The topological polar surface area (TPSA) is 37.8 Å². The van der Waals surface area contributed by atoms with Crippen molar-refractivity contribution in [2.75, 3.05) is 11.9 Å². The van der Waals surface area contributed by atoms with Gasteiger partial charge in [-0.15, -0.1) is 0 Å². The Hall–Kier alpha value is -1.42. The summed E-state index contributed by atoms with van der Waals surface area (Å²) in [7, 11) is 0. The maximum Gasteiger partial charge on any atom is 0.106 e. The third-order valence-electron chi connectivity index (χ3n) is 2.16. The fraction of sp³-hybridized carbons (Fsp3) is 0.167. The standard InChI is InChI=1S/C12H12BrN3/c13-12-5-4-11(9-16-12)15-8-6-10-3-1-2-7-14-10/h1-5,7,9,15H,6,8H2. The van der Waals surface area contributed by atoms with Crippen LogP contribution in [-0.4, -0.2) is 16.5 Å². The van der Waals surface area contributed by atoms with Gasteiger partial charge >= 0.3 is 0 Å². The molecule has 0 unspecified atom stereocenters. The Labute approximate surface area is 103 Å². The minimum Gasteiger partial charge on any atom is -0.383 e. The molecule has 0 saturated carbocycles. The molecule has 0 fully saturated rings. The van der Waals surface area contributed by atoms with E-state index >= 15 is 0 Å². The second-order valence-electron chi connectivity index (χ2n) is 3.37. The molecule has 16 heavy (non-hydrogen) atoms. The van der Waals surface area contributed by atoms with Crippen LogP contribution >= 0.6 is 15.9 Å². The van der Waals surface area contributed by atoms with Crippen LogP contribution in [0.2, 0.25) is 0 Å². The van der Waals surface area contributed by atoms with Gasteiger partial charge in [-0.25, -0.2) is 4.98 Å². The molecular weight excluding hydrogens is 266 g/mol. The number of rotatable bonds is 4. The molecule has 1 N–H and O–H groups in total. The van der Waals surface area contributed by atoms with E-state index in [4.69, 9.17) is 0 Å². The van der Waals surface area contributed by atoms with E-state index in [-0.39, 0.29) is 0 Å². The minimum atomic E-state index is 0.850. The van der Waals surface area contributed by atoms with Gasteiger partial charge in [-0.2, -0.15) is 0 Å². The van der Waals surface area contributed by atoms with Crippen molar-refractivity contribution in [2.45, 2.75) is 6.42 Å². The summed E-state index contributed by atoms with van der Waals surface area (Å²) >= 11 is 3.30. The molecule has 2 heterocycles. The van der Waals surface area contributed by atoms with Crippen molar-refractivity contribution in [1.29, 1.82) is 0 Å². The summed E-state index contributed by atoms with van der Waals surface area (Å²) in [6, 6.07) is 9.87. The molecule has 0 spiro atoms. The number of hydrogen-bond acceptors (Lipinski definition) is 3. The summed E-state index contributed by atoms with van der Waals surface area (Å²) in [5.74, 6) is 0. The Balaban J connectivity index is 1.82. The number of halogens is 1. The van der Waals surface area contributed by atoms with Gasteiger partial charge in [-0.05, 0) is 40.2 Å². The van der Waals surface area contributed by atoms with Crippen molar-refractivity contribution >= 4 is 21.6 Å². The van der Waals surface area contributed by atoms with E-state index in [0.29, 0.717) is 0 Å². The molecule has 0 amide bonds. The first-order chi connectivity index (χ1) is 7.84. The Kier molecular flexibility index (Phi) is 3.88. The zero-order valence-corrected chi connectivity index (χ0v) is 10.3. The average Bonchev–Trinajstić information content (AvgIpc) is 2.33. The van der Waals surface area contributed by atoms with Crippen molar-refractivity contribution in [3.05, 3.63) is 53.0 Å². The van der Waals surface area contributed by atoms with Crippen LogP contribution in [-0.2, 0) is 6.42 Å². The monoisotopic (exact) mass is 277 g/mol. The van der Waals surface area contributed by atoms with Crippen LogP contribution in [0, 0.1) is 0 Å². The van der Waals surface area contributed by atoms with Crippen LogP contribution in [0.3, 0.4) is 0 Å². The maximum absolute atomic E-state index is 4.26. The maximum atomic E-state index is 4.26. The number of hydrogen-bond donors (Lipinski definition) is 1. The summed E-state index contributed by atoms with van der Waals surface area (Å²) in [5.41, 5.74) is 2.12. The minimum absolute atomic E-state index is 0.850. The summed E-state index contributed by atoms with van der Waals surface area (Å²) in [6.07, 6.45) is 4.54. The van der Waals surface area contributed by atoms with Gasteiger partial charge in [0, 0.05) is 24.9 Å². The number of nitrogens with zero attached hydrogens (tertiary/aromatic N) is 2. The van der Waals surface area contributed by atoms with Crippen LogP contribution < -0.4 is 5.32 Å². The second kappa shape index (κ2) is 5.61. The van der Waals surface area contributed by atoms with E-state index in [9.17, 15) is 0 Å². The normalized spacial score (nSPS) is 10.1. The Morgan fingerprint density at radius 3 is 2.75 bits per heavy atom. The lowest BCUT2D eigenvalue weighted by Crippen LogP contribution is -2.05. The molecule has 0 saturated heterocycles. The zero-order chi connectivity index (χ0) is 11.2. The third kappa shape index (κ3) is 3.31. The van der Waals surface area contributed by atoms with Gasteiger partial charge in [-0.3, -0.25) is 4.98 Å². The van der Waals surface area contributed by atoms with Crippen LogP contribution in [0.25, 0.3) is 0 Å². The molecule has 0 aliphatic rings. The van der Waals surface area contributed by atoms with Crippen LogP contribution in [0.4, 0.5) is 5.69 Å². The number of anilines is 1. The number of pyridine rings is 2. The lowest BCUT2D eigenvalue weighted by atomic mass is 10.2. The van der Waals surface area contributed by atoms with Crippen molar-refractivity contribution < 1.29 is 0 Å². The van der Waals surface area contributed by atoms with E-state index in [0.717, 1.165) is 29.0 Å². The van der Waals surface area contributed by atoms with E-state index < -0.39 is 0 Å². The number of nitrogens with one attached hydrogen (secondary N) is 1. The Morgan fingerprint density at radius 2 is 2.06 bits per heavy atom. The van der Waals surface area contributed by atoms with Gasteiger partial charge < -0.3 is 5.32 Å². The molecule has 2 rings (SSSR count). The summed E-state index contributed by atoms with van der Waals surface area (Å²) in [5, 5.41) is 3.30. The highest BCUT2D eigenvalue weighted by atomic mass is 79.9. The van der Waals surface area contributed by atoms with Crippen molar-refractivity contribution in [1.82, 2.24) is 9.97 Å². The predicted octanol–water partition coefficient (Wildman–Crippen LogP) is 2.89. The fourth-order valence-electron chi connectivity index (χ4n) is 1.36. The van der Waals surface area contributed by atoms with E-state index in [1.165, 1.54) is 0 Å². The highest BCUT2D eigenvalue weighted by molar-refractivity contribution is 9.10. The highest BCUT2D eigenvalue weighted by Crippen LogP contribution is 2.10. The molecule has 0 aliphatic heterocycles. The second-order valence-corrected chi connectivity index (χ2v) is 4.18. The molecule has 3 nitrogen and oxygen atoms in total. The molecule has 0 radical (unpaired) electrons. The molecule has 2 aromatic rings. The molecule has 2 aromatic heterocycles. The smallest absolute Gasteiger partial charge is 0.106 e. The molecular formula is C12H12BrN3. The largest absolute Gasteiger partial charge is 0.383 e. The lowest BCUT2D eigenvalue weighted by molar-refractivity contribution is 0.959. The van der Waals surface area contributed by atoms with Gasteiger partial charge in [0.05, 0.1) is 11.9 Å². The van der Waals surface area contributed by atoms with E-state index in [2.05, 4.69) is 31.2 Å². The summed E-state index contributed by atoms with van der Waals surface area (Å²) < 4.78 is 0.850. The molecule has 0 aromatic carbocycles.